The third kappa shape index (κ3) is 4.57. The Balaban J connectivity index is 2.21. The van der Waals surface area contributed by atoms with E-state index in [9.17, 15) is 5.11 Å². The Morgan fingerprint density at radius 3 is 2.36 bits per heavy atom. The smallest absolute Gasteiger partial charge is 0.131 e. The van der Waals surface area contributed by atoms with Crippen molar-refractivity contribution in [2.24, 2.45) is 7.05 Å². The second kappa shape index (κ2) is 6.82. The lowest BCUT2D eigenvalue weighted by Gasteiger charge is -2.29. The van der Waals surface area contributed by atoms with E-state index >= 15 is 0 Å². The van der Waals surface area contributed by atoms with Gasteiger partial charge in [-0.3, -0.25) is 9.58 Å². The molecular formula is C17H24ClN3O. The summed E-state index contributed by atoms with van der Waals surface area (Å²) < 4.78 is 1.69. The highest BCUT2D eigenvalue weighted by Crippen LogP contribution is 2.22. The van der Waals surface area contributed by atoms with Crippen molar-refractivity contribution in [3.63, 3.8) is 0 Å². The molecule has 5 heteroatoms. The van der Waals surface area contributed by atoms with E-state index in [1.54, 1.807) is 4.68 Å². The first kappa shape index (κ1) is 17.0. The molecule has 0 aliphatic rings. The van der Waals surface area contributed by atoms with Gasteiger partial charge in [0.05, 0.1) is 11.3 Å². The maximum Gasteiger partial charge on any atom is 0.131 e. The summed E-state index contributed by atoms with van der Waals surface area (Å²) in [6, 6.07) is 10.2. The fourth-order valence-electron chi connectivity index (χ4n) is 2.63. The molecule has 0 saturated carbocycles. The van der Waals surface area contributed by atoms with Gasteiger partial charge in [0.15, 0.2) is 0 Å². The van der Waals surface area contributed by atoms with Crippen molar-refractivity contribution < 1.29 is 5.11 Å². The van der Waals surface area contributed by atoms with Gasteiger partial charge in [-0.1, -0.05) is 41.9 Å². The number of rotatable bonds is 6. The van der Waals surface area contributed by atoms with Crippen LogP contribution in [0.2, 0.25) is 5.15 Å². The van der Waals surface area contributed by atoms with Crippen molar-refractivity contribution in [2.45, 2.75) is 39.5 Å². The van der Waals surface area contributed by atoms with E-state index in [2.05, 4.69) is 22.1 Å². The zero-order valence-corrected chi connectivity index (χ0v) is 14.4. The van der Waals surface area contributed by atoms with Crippen LogP contribution in [-0.4, -0.2) is 31.9 Å². The number of halogens is 1. The largest absolute Gasteiger partial charge is 0.389 e. The standard InChI is InChI=1S/C17H24ClN3O/c1-13-15(16(18)20(4)19-13)11-21(12-17(2,3)22)10-14-8-6-5-7-9-14/h5-9,22H,10-12H2,1-4H3. The van der Waals surface area contributed by atoms with Crippen LogP contribution in [0.15, 0.2) is 30.3 Å². The van der Waals surface area contributed by atoms with Gasteiger partial charge in [0.25, 0.3) is 0 Å². The SMILES string of the molecule is Cc1nn(C)c(Cl)c1CN(Cc1ccccc1)CC(C)(C)O. The van der Waals surface area contributed by atoms with Gasteiger partial charge in [-0.2, -0.15) is 5.10 Å². The lowest BCUT2D eigenvalue weighted by molar-refractivity contribution is 0.0306. The summed E-state index contributed by atoms with van der Waals surface area (Å²) in [5, 5.41) is 15.2. The number of aromatic nitrogens is 2. The number of aliphatic hydroxyl groups is 1. The zero-order chi connectivity index (χ0) is 16.3. The topological polar surface area (TPSA) is 41.3 Å². The minimum absolute atomic E-state index is 0.562. The first-order valence-electron chi connectivity index (χ1n) is 7.43. The number of aryl methyl sites for hydroxylation is 2. The molecule has 0 radical (unpaired) electrons. The van der Waals surface area contributed by atoms with Crippen molar-refractivity contribution in [3.8, 4) is 0 Å². The molecule has 0 spiro atoms. The molecule has 0 bridgehead atoms. The van der Waals surface area contributed by atoms with E-state index in [-0.39, 0.29) is 0 Å². The second-order valence-electron chi connectivity index (χ2n) is 6.42. The maximum atomic E-state index is 10.2. The van der Waals surface area contributed by atoms with Gasteiger partial charge in [0.2, 0.25) is 0 Å². The molecule has 0 amide bonds. The molecule has 0 fully saturated rings. The lowest BCUT2D eigenvalue weighted by Crippen LogP contribution is -2.38. The molecule has 22 heavy (non-hydrogen) atoms. The molecular weight excluding hydrogens is 298 g/mol. The highest BCUT2D eigenvalue weighted by molar-refractivity contribution is 6.30. The monoisotopic (exact) mass is 321 g/mol. The highest BCUT2D eigenvalue weighted by Gasteiger charge is 2.21. The first-order chi connectivity index (χ1) is 10.3. The molecule has 1 aromatic heterocycles. The number of hydrogen-bond acceptors (Lipinski definition) is 3. The minimum Gasteiger partial charge on any atom is -0.389 e. The zero-order valence-electron chi connectivity index (χ0n) is 13.7. The summed E-state index contributed by atoms with van der Waals surface area (Å²) in [4.78, 5) is 2.20. The average molecular weight is 322 g/mol. The number of nitrogens with zero attached hydrogens (tertiary/aromatic N) is 3. The molecule has 0 unspecified atom stereocenters. The van der Waals surface area contributed by atoms with Crippen molar-refractivity contribution in [3.05, 3.63) is 52.3 Å². The van der Waals surface area contributed by atoms with Crippen molar-refractivity contribution >= 4 is 11.6 Å². The number of hydrogen-bond donors (Lipinski definition) is 1. The van der Waals surface area contributed by atoms with Gasteiger partial charge >= 0.3 is 0 Å². The molecule has 2 aromatic rings. The fraction of sp³-hybridized carbons (Fsp3) is 0.471. The van der Waals surface area contributed by atoms with Crippen molar-refractivity contribution in [1.82, 2.24) is 14.7 Å². The van der Waals surface area contributed by atoms with E-state index in [1.165, 1.54) is 5.56 Å². The van der Waals surface area contributed by atoms with Gasteiger partial charge in [0.1, 0.15) is 5.15 Å². The minimum atomic E-state index is -0.766. The molecule has 4 nitrogen and oxygen atoms in total. The molecule has 0 atom stereocenters. The van der Waals surface area contributed by atoms with E-state index in [4.69, 9.17) is 11.6 Å². The Labute approximate surface area is 137 Å². The summed E-state index contributed by atoms with van der Waals surface area (Å²) in [6.07, 6.45) is 0. The molecule has 0 aliphatic heterocycles. The molecule has 1 aromatic carbocycles. The Morgan fingerprint density at radius 2 is 1.86 bits per heavy atom. The Bertz CT molecular complexity index is 617. The summed E-state index contributed by atoms with van der Waals surface area (Å²) in [7, 11) is 1.84. The van der Waals surface area contributed by atoms with Crippen LogP contribution >= 0.6 is 11.6 Å². The predicted molar refractivity (Wildman–Crippen MR) is 89.8 cm³/mol. The maximum absolute atomic E-state index is 10.2. The third-order valence-electron chi connectivity index (χ3n) is 3.51. The van der Waals surface area contributed by atoms with E-state index in [0.29, 0.717) is 18.2 Å². The van der Waals surface area contributed by atoms with Crippen LogP contribution in [0, 0.1) is 6.92 Å². The van der Waals surface area contributed by atoms with E-state index in [1.807, 2.05) is 46.0 Å². The van der Waals surface area contributed by atoms with Crippen LogP contribution in [0.4, 0.5) is 0 Å². The predicted octanol–water partition coefficient (Wildman–Crippen LogP) is 3.16. The third-order valence-corrected chi connectivity index (χ3v) is 3.98. The summed E-state index contributed by atoms with van der Waals surface area (Å²) >= 11 is 6.34. The van der Waals surface area contributed by atoms with Crippen LogP contribution in [-0.2, 0) is 20.1 Å². The van der Waals surface area contributed by atoms with Gasteiger partial charge in [-0.15, -0.1) is 0 Å². The van der Waals surface area contributed by atoms with Gasteiger partial charge in [-0.25, -0.2) is 0 Å². The Hall–Kier alpha value is -1.36. The quantitative estimate of drug-likeness (QED) is 0.888. The summed E-state index contributed by atoms with van der Waals surface area (Å²) in [6.45, 7) is 7.59. The molecule has 1 N–H and O–H groups in total. The van der Waals surface area contributed by atoms with E-state index in [0.717, 1.165) is 17.8 Å². The molecule has 1 heterocycles. The summed E-state index contributed by atoms with van der Waals surface area (Å²) in [5.41, 5.74) is 2.40. The summed E-state index contributed by atoms with van der Waals surface area (Å²) in [5.74, 6) is 0. The second-order valence-corrected chi connectivity index (χ2v) is 6.78. The Kier molecular flexibility index (Phi) is 5.27. The molecule has 0 aliphatic carbocycles. The van der Waals surface area contributed by atoms with Crippen LogP contribution in [0.3, 0.4) is 0 Å². The first-order valence-corrected chi connectivity index (χ1v) is 7.81. The Morgan fingerprint density at radius 1 is 1.23 bits per heavy atom. The number of benzene rings is 1. The van der Waals surface area contributed by atoms with Crippen LogP contribution < -0.4 is 0 Å². The van der Waals surface area contributed by atoms with Crippen LogP contribution in [0.25, 0.3) is 0 Å². The van der Waals surface area contributed by atoms with E-state index < -0.39 is 5.60 Å². The normalized spacial score (nSPS) is 12.1. The fourth-order valence-corrected chi connectivity index (χ4v) is 2.87. The van der Waals surface area contributed by atoms with Crippen molar-refractivity contribution in [2.75, 3.05) is 6.54 Å². The van der Waals surface area contributed by atoms with Gasteiger partial charge in [-0.05, 0) is 26.3 Å². The van der Waals surface area contributed by atoms with Crippen LogP contribution in [0.5, 0.6) is 0 Å². The average Bonchev–Trinajstić information content (AvgIpc) is 2.65. The molecule has 0 saturated heterocycles. The highest BCUT2D eigenvalue weighted by atomic mass is 35.5. The lowest BCUT2D eigenvalue weighted by atomic mass is 10.1. The van der Waals surface area contributed by atoms with Gasteiger partial charge in [0, 0.05) is 32.2 Å². The van der Waals surface area contributed by atoms with Crippen LogP contribution in [0.1, 0.15) is 30.7 Å². The van der Waals surface area contributed by atoms with Crippen molar-refractivity contribution in [1.29, 1.82) is 0 Å². The molecule has 120 valence electrons. The van der Waals surface area contributed by atoms with Gasteiger partial charge < -0.3 is 5.11 Å². The molecule has 2 rings (SSSR count).